The summed E-state index contributed by atoms with van der Waals surface area (Å²) in [6, 6.07) is 4.34. The SMILES string of the molecule is C[C@H]1OCC[C@]2(c3cc(NC(=O)c4cnc(OCF)cn4)ccc3F)N=C(N)SC[C@H]12. The van der Waals surface area contributed by atoms with Gasteiger partial charge >= 0.3 is 0 Å². The first-order valence-electron chi connectivity index (χ1n) is 9.65. The summed E-state index contributed by atoms with van der Waals surface area (Å²) in [4.78, 5) is 25.0. The Kier molecular flexibility index (Phi) is 6.05. The number of nitrogens with two attached hydrogens (primary N) is 1. The minimum Gasteiger partial charge on any atom is -0.445 e. The number of hydrogen-bond acceptors (Lipinski definition) is 8. The Balaban J connectivity index is 1.64. The van der Waals surface area contributed by atoms with E-state index >= 15 is 4.39 Å². The van der Waals surface area contributed by atoms with Crippen LogP contribution in [-0.2, 0) is 10.3 Å². The maximum atomic E-state index is 15.0. The van der Waals surface area contributed by atoms with E-state index in [9.17, 15) is 9.18 Å². The van der Waals surface area contributed by atoms with Gasteiger partial charge in [-0.3, -0.25) is 9.79 Å². The van der Waals surface area contributed by atoms with Crippen LogP contribution in [0, 0.1) is 11.7 Å². The number of rotatable bonds is 5. The largest absolute Gasteiger partial charge is 0.445 e. The molecular weight excluding hydrogens is 428 g/mol. The molecule has 0 bridgehead atoms. The van der Waals surface area contributed by atoms with Gasteiger partial charge in [-0.25, -0.2) is 18.7 Å². The lowest BCUT2D eigenvalue weighted by Gasteiger charge is -2.47. The smallest absolute Gasteiger partial charge is 0.275 e. The number of carbonyl (C=O) groups is 1. The minimum atomic E-state index is -1.05. The van der Waals surface area contributed by atoms with E-state index in [4.69, 9.17) is 10.5 Å². The monoisotopic (exact) mass is 449 g/mol. The molecule has 1 saturated heterocycles. The first-order valence-corrected chi connectivity index (χ1v) is 10.6. The van der Waals surface area contributed by atoms with Gasteiger partial charge in [-0.1, -0.05) is 11.8 Å². The van der Waals surface area contributed by atoms with Crippen molar-refractivity contribution in [1.29, 1.82) is 0 Å². The zero-order valence-electron chi connectivity index (χ0n) is 16.7. The highest BCUT2D eigenvalue weighted by molar-refractivity contribution is 8.13. The number of hydrogen-bond donors (Lipinski definition) is 2. The number of ether oxygens (including phenoxy) is 2. The summed E-state index contributed by atoms with van der Waals surface area (Å²) in [5.41, 5.74) is 5.91. The van der Waals surface area contributed by atoms with Crippen molar-refractivity contribution >= 4 is 28.5 Å². The van der Waals surface area contributed by atoms with E-state index in [1.165, 1.54) is 30.1 Å². The fourth-order valence-corrected chi connectivity index (χ4v) is 5.12. The van der Waals surface area contributed by atoms with Crippen molar-refractivity contribution in [3.63, 3.8) is 0 Å². The number of nitrogens with zero attached hydrogens (tertiary/aromatic N) is 3. The molecule has 1 fully saturated rings. The first kappa shape index (κ1) is 21.4. The van der Waals surface area contributed by atoms with Crippen molar-refractivity contribution in [2.45, 2.75) is 25.0 Å². The number of amides is 1. The Morgan fingerprint density at radius 3 is 3.00 bits per heavy atom. The quantitative estimate of drug-likeness (QED) is 0.722. The normalized spacial score (nSPS) is 25.3. The molecule has 0 radical (unpaired) electrons. The summed E-state index contributed by atoms with van der Waals surface area (Å²) in [5, 5.41) is 3.10. The molecule has 11 heteroatoms. The summed E-state index contributed by atoms with van der Waals surface area (Å²) in [5.74, 6) is -0.406. The molecule has 164 valence electrons. The van der Waals surface area contributed by atoms with E-state index < -0.39 is 24.1 Å². The van der Waals surface area contributed by atoms with Gasteiger partial charge in [0.15, 0.2) is 5.17 Å². The molecule has 3 atom stereocenters. The second kappa shape index (κ2) is 8.75. The van der Waals surface area contributed by atoms with E-state index in [0.29, 0.717) is 35.2 Å². The third-order valence-corrected chi connectivity index (χ3v) is 6.43. The summed E-state index contributed by atoms with van der Waals surface area (Å²) in [7, 11) is 0. The van der Waals surface area contributed by atoms with Crippen molar-refractivity contribution in [2.75, 3.05) is 24.5 Å². The molecule has 2 aromatic rings. The van der Waals surface area contributed by atoms with Crippen LogP contribution in [0.25, 0.3) is 0 Å². The van der Waals surface area contributed by atoms with Gasteiger partial charge in [0.05, 0.1) is 24.0 Å². The molecule has 1 aromatic carbocycles. The van der Waals surface area contributed by atoms with Crippen LogP contribution in [0.15, 0.2) is 35.6 Å². The fourth-order valence-electron chi connectivity index (χ4n) is 3.99. The highest BCUT2D eigenvalue weighted by Crippen LogP contribution is 2.48. The Morgan fingerprint density at radius 1 is 1.42 bits per heavy atom. The lowest BCUT2D eigenvalue weighted by Crippen LogP contribution is -2.50. The van der Waals surface area contributed by atoms with Gasteiger partial charge in [0.1, 0.15) is 11.5 Å². The molecule has 3 N–H and O–H groups in total. The van der Waals surface area contributed by atoms with Crippen LogP contribution >= 0.6 is 11.8 Å². The maximum Gasteiger partial charge on any atom is 0.275 e. The topological polar surface area (TPSA) is 112 Å². The van der Waals surface area contributed by atoms with Gasteiger partial charge in [0.25, 0.3) is 5.91 Å². The van der Waals surface area contributed by atoms with Gasteiger partial charge < -0.3 is 20.5 Å². The third kappa shape index (κ3) is 4.19. The lowest BCUT2D eigenvalue weighted by molar-refractivity contribution is -0.0514. The minimum absolute atomic E-state index is 0.00384. The van der Waals surface area contributed by atoms with E-state index in [2.05, 4.69) is 25.0 Å². The number of nitrogens with one attached hydrogen (secondary N) is 1. The van der Waals surface area contributed by atoms with Crippen molar-refractivity contribution in [3.8, 4) is 5.88 Å². The molecule has 1 aromatic heterocycles. The number of anilines is 1. The van der Waals surface area contributed by atoms with Gasteiger partial charge in [0.2, 0.25) is 12.7 Å². The number of carbonyl (C=O) groups excluding carboxylic acids is 1. The number of halogens is 2. The standard InChI is InChI=1S/C20H21F2N5O3S/c1-11-14-9-31-19(23)27-20(14,4-5-29-11)13-6-12(2-3-15(13)22)26-18(28)16-7-25-17(8-24-16)30-10-21/h2-3,6-8,11,14H,4-5,9-10H2,1H3,(H2,23,27)(H,26,28)/t11-,14-,20-/m1/s1. The summed E-state index contributed by atoms with van der Waals surface area (Å²) in [6.07, 6.45) is 2.69. The molecule has 0 saturated carbocycles. The van der Waals surface area contributed by atoms with Crippen molar-refractivity contribution in [1.82, 2.24) is 9.97 Å². The molecule has 1 amide bonds. The molecule has 0 spiro atoms. The Hall–Kier alpha value is -2.79. The zero-order valence-corrected chi connectivity index (χ0v) is 17.5. The van der Waals surface area contributed by atoms with Gasteiger partial charge in [-0.05, 0) is 25.1 Å². The van der Waals surface area contributed by atoms with Crippen molar-refractivity contribution in [3.05, 3.63) is 47.7 Å². The van der Waals surface area contributed by atoms with Gasteiger partial charge in [-0.15, -0.1) is 0 Å². The van der Waals surface area contributed by atoms with Crippen LogP contribution in [0.5, 0.6) is 5.88 Å². The van der Waals surface area contributed by atoms with Crippen LogP contribution in [0.3, 0.4) is 0 Å². The second-order valence-electron chi connectivity index (χ2n) is 7.26. The van der Waals surface area contributed by atoms with Crippen molar-refractivity contribution in [2.24, 2.45) is 16.6 Å². The molecule has 4 rings (SSSR count). The maximum absolute atomic E-state index is 15.0. The molecule has 2 aliphatic heterocycles. The van der Waals surface area contributed by atoms with Crippen LogP contribution in [0.4, 0.5) is 14.5 Å². The molecule has 0 aliphatic carbocycles. The van der Waals surface area contributed by atoms with Crippen molar-refractivity contribution < 1.29 is 23.0 Å². The highest BCUT2D eigenvalue weighted by atomic mass is 32.2. The Morgan fingerprint density at radius 2 is 2.26 bits per heavy atom. The summed E-state index contributed by atoms with van der Waals surface area (Å²) >= 11 is 1.43. The summed E-state index contributed by atoms with van der Waals surface area (Å²) in [6.45, 7) is 1.34. The number of benzene rings is 1. The number of alkyl halides is 1. The number of aliphatic imine (C=N–C) groups is 1. The van der Waals surface area contributed by atoms with Crippen LogP contribution in [-0.4, -0.2) is 46.4 Å². The van der Waals surface area contributed by atoms with E-state index in [1.54, 1.807) is 6.07 Å². The van der Waals surface area contributed by atoms with E-state index in [0.717, 1.165) is 6.20 Å². The molecule has 3 heterocycles. The Bertz CT molecular complexity index is 1010. The average molecular weight is 449 g/mol. The number of aromatic nitrogens is 2. The van der Waals surface area contributed by atoms with Crippen LogP contribution in [0.2, 0.25) is 0 Å². The van der Waals surface area contributed by atoms with E-state index in [-0.39, 0.29) is 23.6 Å². The number of fused-ring (bicyclic) bond motifs is 1. The fraction of sp³-hybridized carbons (Fsp3) is 0.400. The van der Waals surface area contributed by atoms with E-state index in [1.807, 2.05) is 6.92 Å². The zero-order chi connectivity index (χ0) is 22.0. The predicted octanol–water partition coefficient (Wildman–Crippen LogP) is 2.86. The molecule has 8 nitrogen and oxygen atoms in total. The van der Waals surface area contributed by atoms with Gasteiger partial charge in [0, 0.05) is 35.9 Å². The van der Waals surface area contributed by atoms with Gasteiger partial charge in [-0.2, -0.15) is 0 Å². The molecule has 2 aliphatic rings. The Labute approximate surface area is 181 Å². The van der Waals surface area contributed by atoms with Crippen LogP contribution in [0.1, 0.15) is 29.4 Å². The third-order valence-electron chi connectivity index (χ3n) is 5.52. The molecular formula is C20H21F2N5O3S. The molecule has 0 unspecified atom stereocenters. The predicted molar refractivity (Wildman–Crippen MR) is 112 cm³/mol. The average Bonchev–Trinajstić information content (AvgIpc) is 2.75. The molecule has 31 heavy (non-hydrogen) atoms. The summed E-state index contributed by atoms with van der Waals surface area (Å²) < 4.78 is 37.6. The van der Waals surface area contributed by atoms with Crippen LogP contribution < -0.4 is 15.8 Å². The highest BCUT2D eigenvalue weighted by Gasteiger charge is 2.49. The second-order valence-corrected chi connectivity index (χ2v) is 8.30. The first-order chi connectivity index (χ1) is 14.9. The number of amidine groups is 1. The lowest BCUT2D eigenvalue weighted by atomic mass is 9.72. The number of thioether (sulfide) groups is 1.